The van der Waals surface area contributed by atoms with Crippen LogP contribution in [-0.4, -0.2) is 21.6 Å². The van der Waals surface area contributed by atoms with Gasteiger partial charge in [-0.1, -0.05) is 12.1 Å². The Bertz CT molecular complexity index is 577. The van der Waals surface area contributed by atoms with Gasteiger partial charge in [0.2, 0.25) is 0 Å². The number of nitro groups is 1. The molecular weight excluding hydrogens is 236 g/mol. The lowest BCUT2D eigenvalue weighted by atomic mass is 10.2. The van der Waals surface area contributed by atoms with Crippen LogP contribution in [0, 0.1) is 10.1 Å². The molecule has 0 radical (unpaired) electrons. The molecule has 1 aromatic carbocycles. The summed E-state index contributed by atoms with van der Waals surface area (Å²) < 4.78 is 0. The van der Waals surface area contributed by atoms with Gasteiger partial charge < -0.3 is 0 Å². The van der Waals surface area contributed by atoms with E-state index < -0.39 is 4.92 Å². The topological polar surface area (TPSA) is 80.5 Å². The Morgan fingerprint density at radius 2 is 2.06 bits per heavy atom. The highest BCUT2D eigenvalue weighted by molar-refractivity contribution is 6.15. The SMILES string of the molecule is CC1=CC(=O)N(Cc2cccc([N+](=O)[O-])c2)C1=O. The summed E-state index contributed by atoms with van der Waals surface area (Å²) in [5, 5.41) is 10.6. The summed E-state index contributed by atoms with van der Waals surface area (Å²) in [6.45, 7) is 1.61. The fraction of sp³-hybridized carbons (Fsp3) is 0.167. The van der Waals surface area contributed by atoms with Gasteiger partial charge in [-0.15, -0.1) is 0 Å². The van der Waals surface area contributed by atoms with Crippen molar-refractivity contribution in [1.29, 1.82) is 0 Å². The predicted octanol–water partition coefficient (Wildman–Crippen LogP) is 1.41. The molecule has 0 aromatic heterocycles. The summed E-state index contributed by atoms with van der Waals surface area (Å²) in [7, 11) is 0. The zero-order valence-electron chi connectivity index (χ0n) is 9.62. The quantitative estimate of drug-likeness (QED) is 0.458. The van der Waals surface area contributed by atoms with Crippen LogP contribution in [0.3, 0.4) is 0 Å². The van der Waals surface area contributed by atoms with Gasteiger partial charge in [0.05, 0.1) is 11.5 Å². The van der Waals surface area contributed by atoms with Crippen LogP contribution in [0.4, 0.5) is 5.69 Å². The molecular formula is C12H10N2O4. The van der Waals surface area contributed by atoms with Gasteiger partial charge in [0.1, 0.15) is 0 Å². The third-order valence-corrected chi connectivity index (χ3v) is 2.65. The number of carbonyl (C=O) groups excluding carboxylic acids is 2. The fourth-order valence-corrected chi connectivity index (χ4v) is 1.74. The van der Waals surface area contributed by atoms with Crippen LogP contribution in [0.25, 0.3) is 0 Å². The van der Waals surface area contributed by atoms with E-state index in [4.69, 9.17) is 0 Å². The molecule has 0 saturated carbocycles. The Morgan fingerprint density at radius 3 is 2.61 bits per heavy atom. The molecule has 6 heteroatoms. The van der Waals surface area contributed by atoms with E-state index in [1.165, 1.54) is 24.3 Å². The maximum absolute atomic E-state index is 11.6. The number of imide groups is 1. The molecule has 0 unspecified atom stereocenters. The van der Waals surface area contributed by atoms with Gasteiger partial charge >= 0.3 is 0 Å². The maximum Gasteiger partial charge on any atom is 0.269 e. The number of hydrogen-bond donors (Lipinski definition) is 0. The summed E-state index contributed by atoms with van der Waals surface area (Å²) in [4.78, 5) is 34.3. The van der Waals surface area contributed by atoms with E-state index in [2.05, 4.69) is 0 Å². The van der Waals surface area contributed by atoms with Crippen LogP contribution >= 0.6 is 0 Å². The Balaban J connectivity index is 2.21. The molecule has 6 nitrogen and oxygen atoms in total. The lowest BCUT2D eigenvalue weighted by Crippen LogP contribution is -2.30. The first-order valence-electron chi connectivity index (χ1n) is 5.26. The molecule has 92 valence electrons. The van der Waals surface area contributed by atoms with Crippen molar-refractivity contribution in [1.82, 2.24) is 4.90 Å². The Morgan fingerprint density at radius 1 is 1.33 bits per heavy atom. The van der Waals surface area contributed by atoms with Crippen molar-refractivity contribution >= 4 is 17.5 Å². The van der Waals surface area contributed by atoms with Crippen LogP contribution in [0.1, 0.15) is 12.5 Å². The first-order chi connectivity index (χ1) is 8.49. The van der Waals surface area contributed by atoms with Gasteiger partial charge in [-0.05, 0) is 12.5 Å². The second-order valence-electron chi connectivity index (χ2n) is 3.98. The molecule has 0 atom stereocenters. The zero-order valence-corrected chi connectivity index (χ0v) is 9.62. The molecule has 0 fully saturated rings. The minimum Gasteiger partial charge on any atom is -0.271 e. The molecule has 1 aliphatic rings. The monoisotopic (exact) mass is 246 g/mol. The largest absolute Gasteiger partial charge is 0.271 e. The normalized spacial score (nSPS) is 14.9. The molecule has 0 aliphatic carbocycles. The minimum absolute atomic E-state index is 0.0488. The van der Waals surface area contributed by atoms with Gasteiger partial charge in [-0.25, -0.2) is 0 Å². The number of nitrogens with zero attached hydrogens (tertiary/aromatic N) is 2. The summed E-state index contributed by atoms with van der Waals surface area (Å²) in [5.41, 5.74) is 0.871. The standard InChI is InChI=1S/C12H10N2O4/c1-8-5-11(15)13(12(8)16)7-9-3-2-4-10(6-9)14(17)18/h2-6H,7H2,1H3. The van der Waals surface area contributed by atoms with Crippen molar-refractivity contribution in [3.63, 3.8) is 0 Å². The Labute approximate surface area is 103 Å². The Kier molecular flexibility index (Phi) is 2.93. The number of non-ortho nitro benzene ring substituents is 1. The molecule has 0 saturated heterocycles. The van der Waals surface area contributed by atoms with Gasteiger partial charge in [0, 0.05) is 23.8 Å². The summed E-state index contributed by atoms with van der Waals surface area (Å²) in [6.07, 6.45) is 1.26. The highest BCUT2D eigenvalue weighted by Gasteiger charge is 2.28. The van der Waals surface area contributed by atoms with E-state index >= 15 is 0 Å². The second kappa shape index (κ2) is 4.40. The van der Waals surface area contributed by atoms with Crippen molar-refractivity contribution in [3.05, 3.63) is 51.6 Å². The fourth-order valence-electron chi connectivity index (χ4n) is 1.74. The van der Waals surface area contributed by atoms with Crippen LogP contribution in [0.15, 0.2) is 35.9 Å². The molecule has 2 amide bonds. The number of rotatable bonds is 3. The lowest BCUT2D eigenvalue weighted by molar-refractivity contribution is -0.384. The predicted molar refractivity (Wildman–Crippen MR) is 62.4 cm³/mol. The van der Waals surface area contributed by atoms with E-state index in [1.807, 2.05) is 0 Å². The lowest BCUT2D eigenvalue weighted by Gasteiger charge is -2.14. The first-order valence-corrected chi connectivity index (χ1v) is 5.26. The number of amides is 2. The molecule has 1 aliphatic heterocycles. The summed E-state index contributed by atoms with van der Waals surface area (Å²) in [5.74, 6) is -0.740. The average molecular weight is 246 g/mol. The molecule has 0 bridgehead atoms. The summed E-state index contributed by atoms with van der Waals surface area (Å²) in [6, 6.07) is 5.88. The van der Waals surface area contributed by atoms with Gasteiger partial charge in [0.25, 0.3) is 17.5 Å². The highest BCUT2D eigenvalue weighted by Crippen LogP contribution is 2.18. The second-order valence-corrected chi connectivity index (χ2v) is 3.98. The third kappa shape index (κ3) is 2.13. The molecule has 2 rings (SSSR count). The van der Waals surface area contributed by atoms with Crippen molar-refractivity contribution in [2.24, 2.45) is 0 Å². The van der Waals surface area contributed by atoms with Crippen molar-refractivity contribution < 1.29 is 14.5 Å². The van der Waals surface area contributed by atoms with E-state index in [0.29, 0.717) is 11.1 Å². The Hall–Kier alpha value is -2.50. The number of carbonyl (C=O) groups is 2. The number of nitro benzene ring substituents is 1. The third-order valence-electron chi connectivity index (χ3n) is 2.65. The first kappa shape index (κ1) is 12.0. The molecule has 0 spiro atoms. The minimum atomic E-state index is -0.513. The number of benzene rings is 1. The van der Waals surface area contributed by atoms with E-state index in [1.54, 1.807) is 13.0 Å². The molecule has 18 heavy (non-hydrogen) atoms. The van der Waals surface area contributed by atoms with E-state index in [0.717, 1.165) is 4.90 Å². The van der Waals surface area contributed by atoms with Crippen molar-refractivity contribution in [2.45, 2.75) is 13.5 Å². The molecule has 0 N–H and O–H groups in total. The maximum atomic E-state index is 11.6. The van der Waals surface area contributed by atoms with Gasteiger partial charge in [-0.3, -0.25) is 24.6 Å². The van der Waals surface area contributed by atoms with E-state index in [9.17, 15) is 19.7 Å². The van der Waals surface area contributed by atoms with Gasteiger partial charge in [0.15, 0.2) is 0 Å². The highest BCUT2D eigenvalue weighted by atomic mass is 16.6. The zero-order chi connectivity index (χ0) is 13.3. The summed E-state index contributed by atoms with van der Waals surface area (Å²) >= 11 is 0. The van der Waals surface area contributed by atoms with Crippen LogP contribution in [0.2, 0.25) is 0 Å². The van der Waals surface area contributed by atoms with Crippen LogP contribution < -0.4 is 0 Å². The molecule has 1 aromatic rings. The van der Waals surface area contributed by atoms with Crippen LogP contribution in [-0.2, 0) is 16.1 Å². The van der Waals surface area contributed by atoms with Gasteiger partial charge in [-0.2, -0.15) is 0 Å². The average Bonchev–Trinajstić information content (AvgIpc) is 2.56. The molecule has 1 heterocycles. The smallest absolute Gasteiger partial charge is 0.269 e. The van der Waals surface area contributed by atoms with Crippen molar-refractivity contribution in [2.75, 3.05) is 0 Å². The van der Waals surface area contributed by atoms with Crippen LogP contribution in [0.5, 0.6) is 0 Å². The van der Waals surface area contributed by atoms with Crippen molar-refractivity contribution in [3.8, 4) is 0 Å². The van der Waals surface area contributed by atoms with E-state index in [-0.39, 0.29) is 24.0 Å². The number of hydrogen-bond acceptors (Lipinski definition) is 4.